The first-order chi connectivity index (χ1) is 12.8. The molecular formula is C18H10F4N2O2S. The number of H-pyrrole nitrogens is 1. The van der Waals surface area contributed by atoms with Crippen molar-refractivity contribution in [2.45, 2.75) is 11.1 Å². The van der Waals surface area contributed by atoms with E-state index in [4.69, 9.17) is 0 Å². The SMILES string of the molecule is O=c1[nH]c(=O)n2c3c(c(-c4ccc(F)cc4)c(C(F)(F)F)cc13)SCC=C2. The summed E-state index contributed by atoms with van der Waals surface area (Å²) in [7, 11) is 0. The highest BCUT2D eigenvalue weighted by atomic mass is 32.2. The first-order valence-corrected chi connectivity index (χ1v) is 8.74. The molecule has 0 spiro atoms. The van der Waals surface area contributed by atoms with Gasteiger partial charge in [0.25, 0.3) is 5.56 Å². The molecule has 0 bridgehead atoms. The minimum absolute atomic E-state index is 0.106. The second-order valence-corrected chi connectivity index (χ2v) is 6.88. The van der Waals surface area contributed by atoms with E-state index in [1.54, 1.807) is 6.08 Å². The van der Waals surface area contributed by atoms with Gasteiger partial charge in [-0.1, -0.05) is 18.2 Å². The summed E-state index contributed by atoms with van der Waals surface area (Å²) in [5, 5.41) is -0.234. The van der Waals surface area contributed by atoms with Crippen molar-refractivity contribution < 1.29 is 17.6 Å². The molecule has 9 heteroatoms. The van der Waals surface area contributed by atoms with Gasteiger partial charge in [-0.2, -0.15) is 13.2 Å². The molecule has 1 aromatic heterocycles. The van der Waals surface area contributed by atoms with Crippen molar-refractivity contribution in [2.24, 2.45) is 0 Å². The van der Waals surface area contributed by atoms with Gasteiger partial charge in [-0.25, -0.2) is 9.18 Å². The maximum atomic E-state index is 13.8. The van der Waals surface area contributed by atoms with Crippen LogP contribution in [0.1, 0.15) is 5.56 Å². The molecule has 0 radical (unpaired) electrons. The van der Waals surface area contributed by atoms with Gasteiger partial charge in [0.15, 0.2) is 0 Å². The Morgan fingerprint density at radius 3 is 2.48 bits per heavy atom. The van der Waals surface area contributed by atoms with Crippen LogP contribution in [0.2, 0.25) is 0 Å². The third-order valence-electron chi connectivity index (χ3n) is 4.20. The van der Waals surface area contributed by atoms with Gasteiger partial charge in [0.05, 0.1) is 16.5 Å². The summed E-state index contributed by atoms with van der Waals surface area (Å²) in [5.74, 6) is -0.276. The van der Waals surface area contributed by atoms with Crippen LogP contribution in [0.4, 0.5) is 17.6 Å². The van der Waals surface area contributed by atoms with E-state index in [0.717, 1.165) is 34.5 Å². The van der Waals surface area contributed by atoms with Crippen LogP contribution in [0, 0.1) is 5.82 Å². The fourth-order valence-corrected chi connectivity index (χ4v) is 4.14. The second-order valence-electron chi connectivity index (χ2n) is 5.85. The molecule has 1 N–H and O–H groups in total. The number of hydrogen-bond acceptors (Lipinski definition) is 3. The zero-order chi connectivity index (χ0) is 19.3. The molecule has 0 saturated heterocycles. The minimum atomic E-state index is -4.75. The van der Waals surface area contributed by atoms with Crippen molar-refractivity contribution in [1.29, 1.82) is 0 Å². The van der Waals surface area contributed by atoms with Crippen molar-refractivity contribution in [3.63, 3.8) is 0 Å². The van der Waals surface area contributed by atoms with E-state index >= 15 is 0 Å². The average Bonchev–Trinajstić information content (AvgIpc) is 2.82. The molecule has 1 aliphatic rings. The van der Waals surface area contributed by atoms with E-state index < -0.39 is 28.8 Å². The Hall–Kier alpha value is -2.81. The highest BCUT2D eigenvalue weighted by Crippen LogP contribution is 2.45. The van der Waals surface area contributed by atoms with Crippen LogP contribution >= 0.6 is 11.8 Å². The van der Waals surface area contributed by atoms with E-state index in [1.807, 2.05) is 4.98 Å². The molecule has 1 aliphatic heterocycles. The Morgan fingerprint density at radius 2 is 1.81 bits per heavy atom. The van der Waals surface area contributed by atoms with Crippen LogP contribution in [-0.4, -0.2) is 15.3 Å². The first-order valence-electron chi connectivity index (χ1n) is 7.75. The normalized spacial score (nSPS) is 13.8. The van der Waals surface area contributed by atoms with Crippen molar-refractivity contribution >= 4 is 28.9 Å². The lowest BCUT2D eigenvalue weighted by atomic mass is 9.96. The molecule has 4 rings (SSSR count). The molecule has 0 saturated carbocycles. The van der Waals surface area contributed by atoms with Gasteiger partial charge in [-0.05, 0) is 23.8 Å². The Kier molecular flexibility index (Phi) is 3.99. The van der Waals surface area contributed by atoms with Gasteiger partial charge < -0.3 is 0 Å². The molecule has 0 unspecified atom stereocenters. The molecular weight excluding hydrogens is 384 g/mol. The number of aromatic amines is 1. The van der Waals surface area contributed by atoms with Gasteiger partial charge in [0.1, 0.15) is 5.82 Å². The Labute approximate surface area is 153 Å². The number of nitrogens with one attached hydrogen (secondary N) is 1. The van der Waals surface area contributed by atoms with E-state index in [0.29, 0.717) is 5.75 Å². The highest BCUT2D eigenvalue weighted by molar-refractivity contribution is 7.99. The van der Waals surface area contributed by atoms with Crippen LogP contribution in [-0.2, 0) is 6.18 Å². The van der Waals surface area contributed by atoms with Gasteiger partial charge in [0.2, 0.25) is 0 Å². The fraction of sp³-hybridized carbons (Fsp3) is 0.111. The van der Waals surface area contributed by atoms with E-state index in [-0.39, 0.29) is 26.9 Å². The Bertz CT molecular complexity index is 1210. The van der Waals surface area contributed by atoms with Crippen LogP contribution < -0.4 is 11.2 Å². The van der Waals surface area contributed by atoms with E-state index in [2.05, 4.69) is 0 Å². The molecule has 0 atom stereocenters. The molecule has 0 aliphatic carbocycles. The fourth-order valence-electron chi connectivity index (χ4n) is 3.08. The second kappa shape index (κ2) is 6.12. The van der Waals surface area contributed by atoms with Gasteiger partial charge in [-0.3, -0.25) is 14.3 Å². The number of halogens is 4. The summed E-state index contributed by atoms with van der Waals surface area (Å²) < 4.78 is 55.8. The first kappa shape index (κ1) is 17.6. The molecule has 3 aromatic rings. The number of alkyl halides is 3. The Balaban J connectivity index is 2.25. The summed E-state index contributed by atoms with van der Waals surface area (Å²) in [6.07, 6.45) is -1.71. The largest absolute Gasteiger partial charge is 0.417 e. The van der Waals surface area contributed by atoms with Gasteiger partial charge in [0, 0.05) is 22.4 Å². The maximum Gasteiger partial charge on any atom is 0.417 e. The summed E-state index contributed by atoms with van der Waals surface area (Å²) in [5.41, 5.74) is -2.56. The van der Waals surface area contributed by atoms with Crippen LogP contribution in [0.15, 0.2) is 50.9 Å². The van der Waals surface area contributed by atoms with Crippen molar-refractivity contribution in [2.75, 3.05) is 5.75 Å². The van der Waals surface area contributed by atoms with Crippen LogP contribution in [0.25, 0.3) is 28.2 Å². The molecule has 138 valence electrons. The highest BCUT2D eigenvalue weighted by Gasteiger charge is 2.37. The molecule has 4 nitrogen and oxygen atoms in total. The zero-order valence-corrected chi connectivity index (χ0v) is 14.2. The van der Waals surface area contributed by atoms with Crippen molar-refractivity contribution in [3.05, 3.63) is 68.6 Å². The topological polar surface area (TPSA) is 54.9 Å². The van der Waals surface area contributed by atoms with E-state index in [9.17, 15) is 27.2 Å². The number of rotatable bonds is 1. The molecule has 0 amide bonds. The lowest BCUT2D eigenvalue weighted by Gasteiger charge is -2.19. The van der Waals surface area contributed by atoms with Crippen LogP contribution in [0.5, 0.6) is 0 Å². The molecule has 0 fully saturated rings. The quantitative estimate of drug-likeness (QED) is 0.633. The lowest BCUT2D eigenvalue weighted by molar-refractivity contribution is -0.137. The van der Waals surface area contributed by atoms with E-state index in [1.165, 1.54) is 18.3 Å². The minimum Gasteiger partial charge on any atom is -0.273 e. The van der Waals surface area contributed by atoms with Crippen LogP contribution in [0.3, 0.4) is 0 Å². The maximum absolute atomic E-state index is 13.8. The zero-order valence-electron chi connectivity index (χ0n) is 13.4. The number of hydrogen-bond donors (Lipinski definition) is 1. The monoisotopic (exact) mass is 394 g/mol. The standard InChI is InChI=1S/C18H10F4N2O2S/c19-10-4-2-9(3-5-10)13-12(18(20,21)22)8-11-14-15(13)27-7-1-6-24(14)17(26)23-16(11)25/h1-6,8H,7H2,(H,23,25,26). The molecule has 2 heterocycles. The van der Waals surface area contributed by atoms with Gasteiger partial charge >= 0.3 is 11.9 Å². The summed E-state index contributed by atoms with van der Waals surface area (Å²) in [6, 6.07) is 5.37. The molecule has 2 aromatic carbocycles. The van der Waals surface area contributed by atoms with Gasteiger partial charge in [-0.15, -0.1) is 11.8 Å². The number of benzene rings is 2. The predicted molar refractivity (Wildman–Crippen MR) is 95.3 cm³/mol. The predicted octanol–water partition coefficient (Wildman–Crippen LogP) is 4.09. The third kappa shape index (κ3) is 2.87. The summed E-state index contributed by atoms with van der Waals surface area (Å²) in [4.78, 5) is 26.6. The summed E-state index contributed by atoms with van der Waals surface area (Å²) in [6.45, 7) is 0. The smallest absolute Gasteiger partial charge is 0.273 e. The molecule has 27 heavy (non-hydrogen) atoms. The number of thioether (sulfide) groups is 1. The number of nitrogens with zero attached hydrogens (tertiary/aromatic N) is 1. The lowest BCUT2D eigenvalue weighted by Crippen LogP contribution is -2.28. The van der Waals surface area contributed by atoms with Crippen molar-refractivity contribution in [3.8, 4) is 11.1 Å². The number of aromatic nitrogens is 2. The third-order valence-corrected chi connectivity index (χ3v) is 5.24. The summed E-state index contributed by atoms with van der Waals surface area (Å²) >= 11 is 1.08. The Morgan fingerprint density at radius 1 is 1.11 bits per heavy atom. The average molecular weight is 394 g/mol. The van der Waals surface area contributed by atoms with Crippen molar-refractivity contribution in [1.82, 2.24) is 9.55 Å².